The molecule has 0 aliphatic carbocycles. The quantitative estimate of drug-likeness (QED) is 0.885. The highest BCUT2D eigenvalue weighted by atomic mass is 35.5. The molecular weight excluding hydrogens is 266 g/mol. The Bertz CT molecular complexity index is 639. The number of hydrogen-bond acceptors (Lipinski definition) is 3. The van der Waals surface area contributed by atoms with E-state index in [-0.39, 0.29) is 5.91 Å². The first-order valence-electron chi connectivity index (χ1n) is 5.90. The molecule has 0 fully saturated rings. The number of rotatable bonds is 2. The summed E-state index contributed by atoms with van der Waals surface area (Å²) in [6, 6.07) is 7.11. The van der Waals surface area contributed by atoms with Crippen LogP contribution in [-0.4, -0.2) is 22.2 Å². The van der Waals surface area contributed by atoms with Gasteiger partial charge in [0, 0.05) is 23.2 Å². The largest absolute Gasteiger partial charge is 0.480 e. The summed E-state index contributed by atoms with van der Waals surface area (Å²) in [5, 5.41) is 10.1. The second-order valence-electron chi connectivity index (χ2n) is 4.49. The normalized spacial score (nSPS) is 16.8. The third kappa shape index (κ3) is 2.42. The van der Waals surface area contributed by atoms with Crippen LogP contribution in [-0.2, 0) is 11.2 Å². The first kappa shape index (κ1) is 12.0. The molecule has 2 aromatic rings. The number of anilines is 1. The highest BCUT2D eigenvalue weighted by molar-refractivity contribution is 6.30. The molecule has 3 rings (SSSR count). The van der Waals surface area contributed by atoms with Gasteiger partial charge in [-0.05, 0) is 30.7 Å². The molecule has 5 nitrogen and oxygen atoms in total. The molecular formula is C13H12ClN3O2. The molecule has 0 radical (unpaired) electrons. The molecule has 2 heterocycles. The van der Waals surface area contributed by atoms with Crippen molar-refractivity contribution in [3.05, 3.63) is 40.5 Å². The molecule has 0 bridgehead atoms. The minimum Gasteiger partial charge on any atom is -0.480 e. The van der Waals surface area contributed by atoms with Gasteiger partial charge in [0.25, 0.3) is 5.91 Å². The molecule has 0 saturated heterocycles. The van der Waals surface area contributed by atoms with E-state index in [0.717, 1.165) is 11.3 Å². The standard InChI is InChI=1S/C13H12ClN3O2/c1-7-4-12(17-16-7)15-13(18)11-6-8-5-9(14)2-3-10(8)19-11/h2-5,11H,6H2,1H3,(H2,15,16,17,18)/t11-/m0/s1. The Balaban J connectivity index is 1.70. The number of nitrogens with one attached hydrogen (secondary N) is 2. The Morgan fingerprint density at radius 2 is 2.37 bits per heavy atom. The maximum atomic E-state index is 12.1. The SMILES string of the molecule is Cc1cc(NC(=O)[C@@H]2Cc3cc(Cl)ccc3O2)n[nH]1. The summed E-state index contributed by atoms with van der Waals surface area (Å²) in [5.74, 6) is 1.00. The summed E-state index contributed by atoms with van der Waals surface area (Å²) in [5.41, 5.74) is 1.84. The minimum atomic E-state index is -0.537. The highest BCUT2D eigenvalue weighted by Crippen LogP contribution is 2.31. The first-order chi connectivity index (χ1) is 9.11. The fraction of sp³-hybridized carbons (Fsp3) is 0.231. The van der Waals surface area contributed by atoms with Crippen molar-refractivity contribution in [2.75, 3.05) is 5.32 Å². The van der Waals surface area contributed by atoms with Crippen molar-refractivity contribution < 1.29 is 9.53 Å². The maximum absolute atomic E-state index is 12.1. The molecule has 0 unspecified atom stereocenters. The molecule has 1 atom stereocenters. The van der Waals surface area contributed by atoms with Crippen LogP contribution in [0, 0.1) is 6.92 Å². The van der Waals surface area contributed by atoms with Gasteiger partial charge in [-0.15, -0.1) is 0 Å². The Kier molecular flexibility index (Phi) is 2.91. The number of aromatic nitrogens is 2. The van der Waals surface area contributed by atoms with Gasteiger partial charge in [0.05, 0.1) is 0 Å². The van der Waals surface area contributed by atoms with E-state index < -0.39 is 6.10 Å². The fourth-order valence-electron chi connectivity index (χ4n) is 2.05. The summed E-state index contributed by atoms with van der Waals surface area (Å²) >= 11 is 5.91. The molecule has 0 saturated carbocycles. The molecule has 98 valence electrons. The van der Waals surface area contributed by atoms with E-state index >= 15 is 0 Å². The summed E-state index contributed by atoms with van der Waals surface area (Å²) in [6.45, 7) is 1.87. The van der Waals surface area contributed by atoms with Gasteiger partial charge in [-0.1, -0.05) is 11.6 Å². The smallest absolute Gasteiger partial charge is 0.266 e. The molecule has 6 heteroatoms. The zero-order chi connectivity index (χ0) is 13.4. The Morgan fingerprint density at radius 3 is 3.11 bits per heavy atom. The zero-order valence-electron chi connectivity index (χ0n) is 10.2. The van der Waals surface area contributed by atoms with Gasteiger partial charge in [-0.3, -0.25) is 9.89 Å². The van der Waals surface area contributed by atoms with Crippen molar-refractivity contribution in [2.45, 2.75) is 19.4 Å². The number of amides is 1. The second kappa shape index (κ2) is 4.59. The number of H-pyrrole nitrogens is 1. The Labute approximate surface area is 114 Å². The number of aromatic amines is 1. The van der Waals surface area contributed by atoms with E-state index in [0.29, 0.717) is 23.0 Å². The van der Waals surface area contributed by atoms with E-state index in [1.54, 1.807) is 18.2 Å². The lowest BCUT2D eigenvalue weighted by Gasteiger charge is -2.09. The van der Waals surface area contributed by atoms with Crippen LogP contribution >= 0.6 is 11.6 Å². The molecule has 1 amide bonds. The third-order valence-electron chi connectivity index (χ3n) is 2.95. The molecule has 1 aliphatic heterocycles. The van der Waals surface area contributed by atoms with Crippen molar-refractivity contribution in [1.82, 2.24) is 10.2 Å². The molecule has 1 aromatic carbocycles. The third-order valence-corrected chi connectivity index (χ3v) is 3.18. The number of aryl methyl sites for hydroxylation is 1. The summed E-state index contributed by atoms with van der Waals surface area (Å²) in [4.78, 5) is 12.1. The molecule has 2 N–H and O–H groups in total. The average molecular weight is 278 g/mol. The number of benzene rings is 1. The number of ether oxygens (including phenoxy) is 1. The minimum absolute atomic E-state index is 0.209. The number of halogens is 1. The van der Waals surface area contributed by atoms with Crippen molar-refractivity contribution >= 4 is 23.3 Å². The van der Waals surface area contributed by atoms with E-state index in [1.165, 1.54) is 0 Å². The summed E-state index contributed by atoms with van der Waals surface area (Å²) < 4.78 is 5.59. The predicted octanol–water partition coefficient (Wildman–Crippen LogP) is 2.31. The number of carbonyl (C=O) groups is 1. The maximum Gasteiger partial charge on any atom is 0.266 e. The average Bonchev–Trinajstić information content (AvgIpc) is 2.95. The summed E-state index contributed by atoms with van der Waals surface area (Å²) in [6.07, 6.45) is -0.0176. The first-order valence-corrected chi connectivity index (χ1v) is 6.27. The predicted molar refractivity (Wildman–Crippen MR) is 71.5 cm³/mol. The number of nitrogens with zero attached hydrogens (tertiary/aromatic N) is 1. The monoisotopic (exact) mass is 277 g/mol. The fourth-order valence-corrected chi connectivity index (χ4v) is 2.25. The van der Waals surface area contributed by atoms with Crippen LogP contribution < -0.4 is 10.1 Å². The molecule has 0 spiro atoms. The van der Waals surface area contributed by atoms with Gasteiger partial charge in [0.2, 0.25) is 0 Å². The van der Waals surface area contributed by atoms with Crippen LogP contribution in [0.15, 0.2) is 24.3 Å². The highest BCUT2D eigenvalue weighted by Gasteiger charge is 2.29. The van der Waals surface area contributed by atoms with E-state index in [1.807, 2.05) is 13.0 Å². The van der Waals surface area contributed by atoms with Crippen molar-refractivity contribution in [3.8, 4) is 5.75 Å². The van der Waals surface area contributed by atoms with Crippen LogP contribution in [0.25, 0.3) is 0 Å². The van der Waals surface area contributed by atoms with Crippen molar-refractivity contribution in [2.24, 2.45) is 0 Å². The number of fused-ring (bicyclic) bond motifs is 1. The Morgan fingerprint density at radius 1 is 1.53 bits per heavy atom. The van der Waals surface area contributed by atoms with Gasteiger partial charge < -0.3 is 10.1 Å². The van der Waals surface area contributed by atoms with Gasteiger partial charge in [0.15, 0.2) is 11.9 Å². The van der Waals surface area contributed by atoms with Crippen LogP contribution in [0.3, 0.4) is 0 Å². The van der Waals surface area contributed by atoms with Crippen LogP contribution in [0.1, 0.15) is 11.3 Å². The Hall–Kier alpha value is -2.01. The lowest BCUT2D eigenvalue weighted by atomic mass is 10.1. The van der Waals surface area contributed by atoms with Gasteiger partial charge in [0.1, 0.15) is 5.75 Å². The van der Waals surface area contributed by atoms with Gasteiger partial charge in [-0.2, -0.15) is 5.10 Å². The van der Waals surface area contributed by atoms with Crippen LogP contribution in [0.5, 0.6) is 5.75 Å². The van der Waals surface area contributed by atoms with Gasteiger partial charge in [-0.25, -0.2) is 0 Å². The van der Waals surface area contributed by atoms with E-state index in [9.17, 15) is 4.79 Å². The lowest BCUT2D eigenvalue weighted by molar-refractivity contribution is -0.122. The number of carbonyl (C=O) groups excluding carboxylic acids is 1. The van der Waals surface area contributed by atoms with Crippen LogP contribution in [0.4, 0.5) is 5.82 Å². The molecule has 1 aliphatic rings. The zero-order valence-corrected chi connectivity index (χ0v) is 11.0. The van der Waals surface area contributed by atoms with Gasteiger partial charge >= 0.3 is 0 Å². The molecule has 1 aromatic heterocycles. The van der Waals surface area contributed by atoms with Crippen molar-refractivity contribution in [1.29, 1.82) is 0 Å². The summed E-state index contributed by atoms with van der Waals surface area (Å²) in [7, 11) is 0. The van der Waals surface area contributed by atoms with Crippen LogP contribution in [0.2, 0.25) is 5.02 Å². The van der Waals surface area contributed by atoms with E-state index in [4.69, 9.17) is 16.3 Å². The van der Waals surface area contributed by atoms with Crippen molar-refractivity contribution in [3.63, 3.8) is 0 Å². The van der Waals surface area contributed by atoms with E-state index in [2.05, 4.69) is 15.5 Å². The second-order valence-corrected chi connectivity index (χ2v) is 4.92. The molecule has 19 heavy (non-hydrogen) atoms. The number of hydrogen-bond donors (Lipinski definition) is 2. The lowest BCUT2D eigenvalue weighted by Crippen LogP contribution is -2.31. The topological polar surface area (TPSA) is 67.0 Å².